The number of aromatic hydroxyl groups is 1. The van der Waals surface area contributed by atoms with E-state index < -0.39 is 0 Å². The minimum Gasteiger partial charge on any atom is -0.506 e. The van der Waals surface area contributed by atoms with Crippen LogP contribution in [0.2, 0.25) is 5.02 Å². The number of hydrogen-bond donors (Lipinski definition) is 2. The van der Waals surface area contributed by atoms with E-state index in [1.807, 2.05) is 6.92 Å². The standard InChI is InChI=1S/C13H16ClNO3/c1-13(5-2-6-18-8-13)15-12(17)9-3-4-11(16)10(14)7-9/h3-4,7,16H,2,5-6,8H2,1H3,(H,15,17). The maximum atomic E-state index is 12.1. The second-order valence-corrected chi connectivity index (χ2v) is 5.24. The summed E-state index contributed by atoms with van der Waals surface area (Å²) < 4.78 is 5.38. The number of benzene rings is 1. The first-order valence-corrected chi connectivity index (χ1v) is 6.27. The Balaban J connectivity index is 2.09. The molecule has 98 valence electrons. The molecule has 0 radical (unpaired) electrons. The molecule has 1 unspecified atom stereocenters. The van der Waals surface area contributed by atoms with Crippen LogP contribution in [0.5, 0.6) is 5.75 Å². The maximum absolute atomic E-state index is 12.1. The van der Waals surface area contributed by atoms with Gasteiger partial charge in [0.15, 0.2) is 0 Å². The van der Waals surface area contributed by atoms with Crippen LogP contribution in [0, 0.1) is 0 Å². The number of carbonyl (C=O) groups excluding carboxylic acids is 1. The summed E-state index contributed by atoms with van der Waals surface area (Å²) in [5.41, 5.74) is 0.101. The number of halogens is 1. The molecule has 1 amide bonds. The van der Waals surface area contributed by atoms with Crippen molar-refractivity contribution in [3.05, 3.63) is 28.8 Å². The van der Waals surface area contributed by atoms with E-state index in [1.165, 1.54) is 12.1 Å². The van der Waals surface area contributed by atoms with Gasteiger partial charge >= 0.3 is 0 Å². The highest BCUT2D eigenvalue weighted by atomic mass is 35.5. The van der Waals surface area contributed by atoms with Crippen LogP contribution in [-0.4, -0.2) is 29.8 Å². The molecule has 1 fully saturated rings. The monoisotopic (exact) mass is 269 g/mol. The van der Waals surface area contributed by atoms with E-state index in [0.29, 0.717) is 12.2 Å². The Morgan fingerprint density at radius 3 is 2.94 bits per heavy atom. The maximum Gasteiger partial charge on any atom is 0.251 e. The molecule has 1 saturated heterocycles. The van der Waals surface area contributed by atoms with Gasteiger partial charge in [0.05, 0.1) is 17.2 Å². The highest BCUT2D eigenvalue weighted by molar-refractivity contribution is 6.32. The average molecular weight is 270 g/mol. The van der Waals surface area contributed by atoms with Crippen LogP contribution in [0.25, 0.3) is 0 Å². The molecule has 2 N–H and O–H groups in total. The van der Waals surface area contributed by atoms with Crippen LogP contribution in [0.15, 0.2) is 18.2 Å². The number of hydrogen-bond acceptors (Lipinski definition) is 3. The van der Waals surface area contributed by atoms with Gasteiger partial charge in [-0.05, 0) is 38.0 Å². The fourth-order valence-corrected chi connectivity index (χ4v) is 2.21. The third kappa shape index (κ3) is 2.94. The molecule has 1 aromatic carbocycles. The quantitative estimate of drug-likeness (QED) is 0.866. The van der Waals surface area contributed by atoms with Crippen molar-refractivity contribution in [1.82, 2.24) is 5.32 Å². The number of ether oxygens (including phenoxy) is 1. The molecule has 0 aliphatic carbocycles. The summed E-state index contributed by atoms with van der Waals surface area (Å²) in [5, 5.41) is 12.4. The Morgan fingerprint density at radius 1 is 1.56 bits per heavy atom. The topological polar surface area (TPSA) is 58.6 Å². The van der Waals surface area contributed by atoms with Crippen molar-refractivity contribution in [3.63, 3.8) is 0 Å². The van der Waals surface area contributed by atoms with Crippen molar-refractivity contribution >= 4 is 17.5 Å². The second kappa shape index (κ2) is 5.16. The Morgan fingerprint density at radius 2 is 2.33 bits per heavy atom. The molecule has 2 rings (SSSR count). The van der Waals surface area contributed by atoms with Gasteiger partial charge in [0.2, 0.25) is 0 Å². The van der Waals surface area contributed by atoms with Gasteiger partial charge in [0, 0.05) is 12.2 Å². The van der Waals surface area contributed by atoms with E-state index in [4.69, 9.17) is 16.3 Å². The molecule has 1 heterocycles. The lowest BCUT2D eigenvalue weighted by atomic mass is 9.94. The van der Waals surface area contributed by atoms with E-state index in [2.05, 4.69) is 5.32 Å². The van der Waals surface area contributed by atoms with E-state index in [9.17, 15) is 9.90 Å². The first kappa shape index (κ1) is 13.2. The molecule has 0 bridgehead atoms. The summed E-state index contributed by atoms with van der Waals surface area (Å²) in [4.78, 5) is 12.1. The van der Waals surface area contributed by atoms with Gasteiger partial charge in [-0.1, -0.05) is 11.6 Å². The minimum absolute atomic E-state index is 0.0274. The molecule has 4 nitrogen and oxygen atoms in total. The fraction of sp³-hybridized carbons (Fsp3) is 0.462. The van der Waals surface area contributed by atoms with Gasteiger partial charge < -0.3 is 15.2 Å². The molecule has 0 spiro atoms. The number of amides is 1. The lowest BCUT2D eigenvalue weighted by molar-refractivity contribution is 0.0272. The van der Waals surface area contributed by atoms with Crippen molar-refractivity contribution in [2.45, 2.75) is 25.3 Å². The molecular formula is C13H16ClNO3. The number of phenols is 1. The Kier molecular flexibility index (Phi) is 3.78. The summed E-state index contributed by atoms with van der Waals surface area (Å²) in [6.07, 6.45) is 1.83. The van der Waals surface area contributed by atoms with Crippen LogP contribution < -0.4 is 5.32 Å². The van der Waals surface area contributed by atoms with Gasteiger partial charge in [-0.2, -0.15) is 0 Å². The van der Waals surface area contributed by atoms with Gasteiger partial charge in [0.1, 0.15) is 5.75 Å². The van der Waals surface area contributed by atoms with Crippen molar-refractivity contribution in [1.29, 1.82) is 0 Å². The third-order valence-electron chi connectivity index (χ3n) is 3.06. The van der Waals surface area contributed by atoms with E-state index >= 15 is 0 Å². The number of rotatable bonds is 2. The summed E-state index contributed by atoms with van der Waals surface area (Å²) in [7, 11) is 0. The van der Waals surface area contributed by atoms with Crippen LogP contribution >= 0.6 is 11.6 Å². The zero-order chi connectivity index (χ0) is 13.2. The number of carbonyl (C=O) groups is 1. The van der Waals surface area contributed by atoms with Crippen molar-refractivity contribution in [2.75, 3.05) is 13.2 Å². The summed E-state index contributed by atoms with van der Waals surface area (Å²) in [5.74, 6) is -0.231. The summed E-state index contributed by atoms with van der Waals surface area (Å²) in [6, 6.07) is 4.42. The Hall–Kier alpha value is -1.26. The van der Waals surface area contributed by atoms with Crippen molar-refractivity contribution < 1.29 is 14.6 Å². The molecule has 0 aromatic heterocycles. The van der Waals surface area contributed by atoms with Crippen LogP contribution in [-0.2, 0) is 4.74 Å². The zero-order valence-corrected chi connectivity index (χ0v) is 11.0. The lowest BCUT2D eigenvalue weighted by Gasteiger charge is -2.34. The van der Waals surface area contributed by atoms with E-state index in [-0.39, 0.29) is 22.2 Å². The third-order valence-corrected chi connectivity index (χ3v) is 3.37. The fourth-order valence-electron chi connectivity index (χ4n) is 2.03. The number of phenolic OH excluding ortho intramolecular Hbond substituents is 1. The normalized spacial score (nSPS) is 23.7. The second-order valence-electron chi connectivity index (χ2n) is 4.84. The van der Waals surface area contributed by atoms with E-state index in [1.54, 1.807) is 6.07 Å². The Labute approximate surface area is 111 Å². The highest BCUT2D eigenvalue weighted by Crippen LogP contribution is 2.24. The van der Waals surface area contributed by atoms with Crippen molar-refractivity contribution in [2.24, 2.45) is 0 Å². The number of nitrogens with one attached hydrogen (secondary N) is 1. The van der Waals surface area contributed by atoms with Crippen LogP contribution in [0.3, 0.4) is 0 Å². The van der Waals surface area contributed by atoms with Crippen LogP contribution in [0.1, 0.15) is 30.1 Å². The largest absolute Gasteiger partial charge is 0.506 e. The first-order valence-electron chi connectivity index (χ1n) is 5.89. The Bertz CT molecular complexity index is 456. The van der Waals surface area contributed by atoms with Crippen LogP contribution in [0.4, 0.5) is 0 Å². The minimum atomic E-state index is -0.334. The van der Waals surface area contributed by atoms with Gasteiger partial charge in [-0.3, -0.25) is 4.79 Å². The molecular weight excluding hydrogens is 254 g/mol. The molecule has 1 aliphatic heterocycles. The predicted octanol–water partition coefficient (Wildman–Crippen LogP) is 2.34. The molecule has 1 aromatic rings. The summed E-state index contributed by atoms with van der Waals surface area (Å²) in [6.45, 7) is 3.23. The van der Waals surface area contributed by atoms with Gasteiger partial charge in [-0.15, -0.1) is 0 Å². The molecule has 1 atom stereocenters. The SMILES string of the molecule is CC1(NC(=O)c2ccc(O)c(Cl)c2)CCCOC1. The molecule has 18 heavy (non-hydrogen) atoms. The highest BCUT2D eigenvalue weighted by Gasteiger charge is 2.29. The predicted molar refractivity (Wildman–Crippen MR) is 69.0 cm³/mol. The molecule has 0 saturated carbocycles. The first-order chi connectivity index (χ1) is 8.50. The molecule has 1 aliphatic rings. The van der Waals surface area contributed by atoms with E-state index in [0.717, 1.165) is 19.4 Å². The van der Waals surface area contributed by atoms with Gasteiger partial charge in [-0.25, -0.2) is 0 Å². The zero-order valence-electron chi connectivity index (χ0n) is 10.2. The smallest absolute Gasteiger partial charge is 0.251 e. The molecule has 5 heteroatoms. The lowest BCUT2D eigenvalue weighted by Crippen LogP contribution is -2.51. The average Bonchev–Trinajstić information content (AvgIpc) is 2.33. The van der Waals surface area contributed by atoms with Gasteiger partial charge in [0.25, 0.3) is 5.91 Å². The summed E-state index contributed by atoms with van der Waals surface area (Å²) >= 11 is 5.78. The van der Waals surface area contributed by atoms with Crippen molar-refractivity contribution in [3.8, 4) is 5.75 Å².